The van der Waals surface area contributed by atoms with Gasteiger partial charge in [0.15, 0.2) is 0 Å². The molecule has 1 aliphatic rings. The summed E-state index contributed by atoms with van der Waals surface area (Å²) in [4.78, 5) is 21.4. The highest BCUT2D eigenvalue weighted by Gasteiger charge is 2.25. The zero-order valence-corrected chi connectivity index (χ0v) is 10.2. The number of carbonyl (C=O) groups is 1. The van der Waals surface area contributed by atoms with E-state index in [4.69, 9.17) is 16.2 Å². The first-order chi connectivity index (χ1) is 8.97. The fraction of sp³-hybridized carbons (Fsp3) is 0.417. The molecular formula is C12H15N3O4. The van der Waals surface area contributed by atoms with E-state index in [0.717, 1.165) is 18.9 Å². The molecule has 102 valence electrons. The molecule has 1 fully saturated rings. The Bertz CT molecular complexity index is 518. The van der Waals surface area contributed by atoms with Crippen molar-refractivity contribution in [1.29, 1.82) is 0 Å². The molecular weight excluding hydrogens is 250 g/mol. The van der Waals surface area contributed by atoms with Crippen LogP contribution in [0.2, 0.25) is 0 Å². The minimum atomic E-state index is -0.749. The average Bonchev–Trinajstić information content (AvgIpc) is 2.74. The minimum Gasteiger partial charge on any atom is -0.490 e. The van der Waals surface area contributed by atoms with Crippen LogP contribution in [0, 0.1) is 10.1 Å². The Morgan fingerprint density at radius 3 is 2.68 bits per heavy atom. The first-order valence-electron chi connectivity index (χ1n) is 5.98. The zero-order valence-electron chi connectivity index (χ0n) is 10.2. The largest absolute Gasteiger partial charge is 0.490 e. The predicted molar refractivity (Wildman–Crippen MR) is 67.9 cm³/mol. The standard InChI is InChI=1S/C12H15N3O4/c13-7-1-3-9(5-7)19-11-4-2-8(15(17)18)6-10(11)12(14)16/h2,4,6-7,9H,1,3,5,13H2,(H2,14,16). The SMILES string of the molecule is NC(=O)c1cc([N+](=O)[O-])ccc1OC1CCC(N)C1. The molecule has 1 aromatic rings. The van der Waals surface area contributed by atoms with Crippen LogP contribution in [0.3, 0.4) is 0 Å². The number of nitrogens with zero attached hydrogens (tertiary/aromatic N) is 1. The average molecular weight is 265 g/mol. The lowest BCUT2D eigenvalue weighted by Crippen LogP contribution is -2.21. The van der Waals surface area contributed by atoms with Gasteiger partial charge in [-0.15, -0.1) is 0 Å². The van der Waals surface area contributed by atoms with Crippen LogP contribution in [0.5, 0.6) is 5.75 Å². The molecule has 0 aromatic heterocycles. The van der Waals surface area contributed by atoms with Gasteiger partial charge in [0.05, 0.1) is 10.5 Å². The molecule has 1 aliphatic carbocycles. The number of rotatable bonds is 4. The Morgan fingerprint density at radius 2 is 2.16 bits per heavy atom. The maximum Gasteiger partial charge on any atom is 0.270 e. The number of primary amides is 1. The summed E-state index contributed by atoms with van der Waals surface area (Å²) < 4.78 is 5.67. The van der Waals surface area contributed by atoms with Gasteiger partial charge in [-0.3, -0.25) is 14.9 Å². The summed E-state index contributed by atoms with van der Waals surface area (Å²) >= 11 is 0. The van der Waals surface area contributed by atoms with Crippen molar-refractivity contribution in [2.75, 3.05) is 0 Å². The summed E-state index contributed by atoms with van der Waals surface area (Å²) in [5.74, 6) is -0.474. The number of hydrogen-bond acceptors (Lipinski definition) is 5. The maximum atomic E-state index is 11.3. The van der Waals surface area contributed by atoms with Crippen molar-refractivity contribution in [1.82, 2.24) is 0 Å². The highest BCUT2D eigenvalue weighted by Crippen LogP contribution is 2.28. The van der Waals surface area contributed by atoms with Crippen LogP contribution in [0.1, 0.15) is 29.6 Å². The van der Waals surface area contributed by atoms with E-state index in [2.05, 4.69) is 0 Å². The fourth-order valence-electron chi connectivity index (χ4n) is 2.19. The van der Waals surface area contributed by atoms with Crippen molar-refractivity contribution in [3.63, 3.8) is 0 Å². The lowest BCUT2D eigenvalue weighted by Gasteiger charge is -2.15. The number of nitrogens with two attached hydrogens (primary N) is 2. The van der Waals surface area contributed by atoms with Crippen LogP contribution in [0.15, 0.2) is 18.2 Å². The Hall–Kier alpha value is -2.15. The Labute approximate surface area is 109 Å². The van der Waals surface area contributed by atoms with Gasteiger partial charge in [0.1, 0.15) is 11.9 Å². The normalized spacial score (nSPS) is 22.2. The van der Waals surface area contributed by atoms with E-state index >= 15 is 0 Å². The number of amides is 1. The first-order valence-corrected chi connectivity index (χ1v) is 5.98. The third-order valence-electron chi connectivity index (χ3n) is 3.16. The molecule has 7 nitrogen and oxygen atoms in total. The van der Waals surface area contributed by atoms with Gasteiger partial charge in [0.25, 0.3) is 11.6 Å². The number of ether oxygens (including phenoxy) is 1. The molecule has 0 saturated heterocycles. The van der Waals surface area contributed by atoms with E-state index in [0.29, 0.717) is 6.42 Å². The van der Waals surface area contributed by atoms with Gasteiger partial charge in [-0.25, -0.2) is 0 Å². The fourth-order valence-corrected chi connectivity index (χ4v) is 2.19. The monoisotopic (exact) mass is 265 g/mol. The number of carbonyl (C=O) groups excluding carboxylic acids is 1. The number of nitro benzene ring substituents is 1. The van der Waals surface area contributed by atoms with Crippen molar-refractivity contribution >= 4 is 11.6 Å². The van der Waals surface area contributed by atoms with Crippen LogP contribution in [0.4, 0.5) is 5.69 Å². The van der Waals surface area contributed by atoms with Crippen molar-refractivity contribution in [2.24, 2.45) is 11.5 Å². The summed E-state index contributed by atoms with van der Waals surface area (Å²) in [6.45, 7) is 0. The molecule has 1 saturated carbocycles. The smallest absolute Gasteiger partial charge is 0.270 e. The van der Waals surface area contributed by atoms with Crippen molar-refractivity contribution in [3.05, 3.63) is 33.9 Å². The molecule has 2 atom stereocenters. The number of hydrogen-bond donors (Lipinski definition) is 2. The molecule has 0 spiro atoms. The van der Waals surface area contributed by atoms with E-state index in [1.165, 1.54) is 12.1 Å². The van der Waals surface area contributed by atoms with Crippen molar-refractivity contribution in [3.8, 4) is 5.75 Å². The number of benzene rings is 1. The zero-order chi connectivity index (χ0) is 14.0. The summed E-state index contributed by atoms with van der Waals surface area (Å²) in [5, 5.41) is 10.7. The molecule has 2 rings (SSSR count). The van der Waals surface area contributed by atoms with Gasteiger partial charge in [0.2, 0.25) is 0 Å². The molecule has 0 radical (unpaired) electrons. The molecule has 1 amide bonds. The van der Waals surface area contributed by atoms with Gasteiger partial charge in [-0.2, -0.15) is 0 Å². The lowest BCUT2D eigenvalue weighted by molar-refractivity contribution is -0.384. The second-order valence-corrected chi connectivity index (χ2v) is 4.61. The second-order valence-electron chi connectivity index (χ2n) is 4.61. The summed E-state index contributed by atoms with van der Waals surface area (Å²) in [6, 6.07) is 3.92. The Morgan fingerprint density at radius 1 is 1.42 bits per heavy atom. The molecule has 0 aliphatic heterocycles. The minimum absolute atomic E-state index is 0.0228. The maximum absolute atomic E-state index is 11.3. The number of nitro groups is 1. The first kappa shape index (κ1) is 13.3. The van der Waals surface area contributed by atoms with Crippen LogP contribution in [-0.2, 0) is 0 Å². The summed E-state index contributed by atoms with van der Waals surface area (Å²) in [6.07, 6.45) is 2.30. The van der Waals surface area contributed by atoms with Crippen LogP contribution in [-0.4, -0.2) is 23.0 Å². The third-order valence-corrected chi connectivity index (χ3v) is 3.16. The van der Waals surface area contributed by atoms with E-state index in [-0.39, 0.29) is 29.1 Å². The van der Waals surface area contributed by atoms with Gasteiger partial charge >= 0.3 is 0 Å². The van der Waals surface area contributed by atoms with Crippen LogP contribution >= 0.6 is 0 Å². The molecule has 4 N–H and O–H groups in total. The van der Waals surface area contributed by atoms with Crippen molar-refractivity contribution in [2.45, 2.75) is 31.4 Å². The van der Waals surface area contributed by atoms with E-state index in [9.17, 15) is 14.9 Å². The topological polar surface area (TPSA) is 121 Å². The van der Waals surface area contributed by atoms with Gasteiger partial charge in [0, 0.05) is 18.2 Å². The molecule has 1 aromatic carbocycles. The highest BCUT2D eigenvalue weighted by atomic mass is 16.6. The van der Waals surface area contributed by atoms with E-state index < -0.39 is 10.8 Å². The Kier molecular flexibility index (Phi) is 3.66. The predicted octanol–water partition coefficient (Wildman–Crippen LogP) is 0.952. The van der Waals surface area contributed by atoms with Crippen LogP contribution < -0.4 is 16.2 Å². The van der Waals surface area contributed by atoms with Gasteiger partial charge < -0.3 is 16.2 Å². The van der Waals surface area contributed by atoms with E-state index in [1.807, 2.05) is 0 Å². The van der Waals surface area contributed by atoms with Crippen molar-refractivity contribution < 1.29 is 14.5 Å². The lowest BCUT2D eigenvalue weighted by atomic mass is 10.1. The summed E-state index contributed by atoms with van der Waals surface area (Å²) in [7, 11) is 0. The van der Waals surface area contributed by atoms with E-state index in [1.54, 1.807) is 0 Å². The quantitative estimate of drug-likeness (QED) is 0.620. The summed E-state index contributed by atoms with van der Waals surface area (Å²) in [5.41, 5.74) is 10.8. The highest BCUT2D eigenvalue weighted by molar-refractivity contribution is 5.96. The molecule has 2 unspecified atom stereocenters. The van der Waals surface area contributed by atoms with Crippen LogP contribution in [0.25, 0.3) is 0 Å². The molecule has 0 bridgehead atoms. The number of non-ortho nitro benzene ring substituents is 1. The molecule has 0 heterocycles. The third kappa shape index (κ3) is 3.00. The van der Waals surface area contributed by atoms with Gasteiger partial charge in [-0.1, -0.05) is 0 Å². The van der Waals surface area contributed by atoms with Gasteiger partial charge in [-0.05, 0) is 25.3 Å². The molecule has 19 heavy (non-hydrogen) atoms. The second kappa shape index (κ2) is 5.23. The molecule has 7 heteroatoms. The Balaban J connectivity index is 2.24.